The Morgan fingerprint density at radius 3 is 2.31 bits per heavy atom. The molecule has 82 valence electrons. The van der Waals surface area contributed by atoms with Crippen LogP contribution in [0.4, 0.5) is 0 Å². The summed E-state index contributed by atoms with van der Waals surface area (Å²) < 4.78 is 5.31. The van der Waals surface area contributed by atoms with E-state index in [-0.39, 0.29) is 5.78 Å². The zero-order valence-corrected chi connectivity index (χ0v) is 9.49. The zero-order valence-electron chi connectivity index (χ0n) is 9.49. The van der Waals surface area contributed by atoms with E-state index in [1.807, 2.05) is 31.2 Å². The first-order valence-corrected chi connectivity index (χ1v) is 5.41. The fraction of sp³-hybridized carbons (Fsp3) is 0.214. The predicted molar refractivity (Wildman–Crippen MR) is 62.7 cm³/mol. The van der Waals surface area contributed by atoms with Crippen molar-refractivity contribution in [3.05, 3.63) is 59.0 Å². The van der Waals surface area contributed by atoms with E-state index in [1.54, 1.807) is 12.1 Å². The number of rotatable bonds is 3. The van der Waals surface area contributed by atoms with E-state index in [4.69, 9.17) is 4.42 Å². The number of hydrogen-bond donors (Lipinski definition) is 0. The van der Waals surface area contributed by atoms with Crippen LogP contribution in [0.5, 0.6) is 0 Å². The van der Waals surface area contributed by atoms with Crippen LogP contribution in [0.15, 0.2) is 40.8 Å². The van der Waals surface area contributed by atoms with Gasteiger partial charge in [-0.15, -0.1) is 0 Å². The summed E-state index contributed by atoms with van der Waals surface area (Å²) in [4.78, 5) is 12.0. The normalized spacial score (nSPS) is 10.4. The van der Waals surface area contributed by atoms with Crippen LogP contribution in [0.3, 0.4) is 0 Å². The zero-order chi connectivity index (χ0) is 11.5. The Labute approximate surface area is 94.9 Å². The third kappa shape index (κ3) is 2.06. The van der Waals surface area contributed by atoms with Gasteiger partial charge in [-0.3, -0.25) is 4.79 Å². The molecule has 2 heteroatoms. The molecule has 0 aliphatic heterocycles. The van der Waals surface area contributed by atoms with Gasteiger partial charge in [-0.2, -0.15) is 0 Å². The average Bonchev–Trinajstić information content (AvgIpc) is 2.75. The third-order valence-corrected chi connectivity index (χ3v) is 2.59. The second kappa shape index (κ2) is 4.35. The van der Waals surface area contributed by atoms with E-state index in [2.05, 4.69) is 6.92 Å². The SMILES string of the molecule is CCc1ccc(C(=O)c2ccc(C)o2)cc1. The fourth-order valence-corrected chi connectivity index (χ4v) is 1.59. The van der Waals surface area contributed by atoms with Gasteiger partial charge in [0.2, 0.25) is 5.78 Å². The van der Waals surface area contributed by atoms with Crippen LogP contribution < -0.4 is 0 Å². The first-order valence-electron chi connectivity index (χ1n) is 5.41. The molecule has 0 bridgehead atoms. The molecule has 0 N–H and O–H groups in total. The second-order valence-electron chi connectivity index (χ2n) is 3.79. The largest absolute Gasteiger partial charge is 0.458 e. The summed E-state index contributed by atoms with van der Waals surface area (Å²) >= 11 is 0. The van der Waals surface area contributed by atoms with E-state index in [9.17, 15) is 4.79 Å². The second-order valence-corrected chi connectivity index (χ2v) is 3.79. The summed E-state index contributed by atoms with van der Waals surface area (Å²) in [6, 6.07) is 11.2. The minimum absolute atomic E-state index is 0.0595. The van der Waals surface area contributed by atoms with Crippen molar-refractivity contribution in [3.63, 3.8) is 0 Å². The molecule has 0 radical (unpaired) electrons. The minimum Gasteiger partial charge on any atom is -0.458 e. The maximum absolute atomic E-state index is 12.0. The molecule has 0 spiro atoms. The topological polar surface area (TPSA) is 30.2 Å². The molecule has 2 aromatic rings. The Balaban J connectivity index is 2.27. The standard InChI is InChI=1S/C14H14O2/c1-3-11-5-7-12(8-6-11)14(15)13-9-4-10(2)16-13/h4-9H,3H2,1-2H3. The smallest absolute Gasteiger partial charge is 0.228 e. The molecule has 0 amide bonds. The minimum atomic E-state index is -0.0595. The lowest BCUT2D eigenvalue weighted by atomic mass is 10.1. The average molecular weight is 214 g/mol. The van der Waals surface area contributed by atoms with Gasteiger partial charge in [-0.1, -0.05) is 31.2 Å². The lowest BCUT2D eigenvalue weighted by Gasteiger charge is -1.99. The van der Waals surface area contributed by atoms with Gasteiger partial charge in [0.25, 0.3) is 0 Å². The molecular formula is C14H14O2. The summed E-state index contributed by atoms with van der Waals surface area (Å²) in [5, 5.41) is 0. The van der Waals surface area contributed by atoms with Gasteiger partial charge in [0.15, 0.2) is 5.76 Å². The van der Waals surface area contributed by atoms with Crippen molar-refractivity contribution >= 4 is 5.78 Å². The Kier molecular flexibility index (Phi) is 2.91. The molecule has 2 rings (SSSR count). The highest BCUT2D eigenvalue weighted by Crippen LogP contribution is 2.13. The summed E-state index contributed by atoms with van der Waals surface area (Å²) in [6.45, 7) is 3.92. The number of carbonyl (C=O) groups is 1. The molecule has 0 aliphatic carbocycles. The Morgan fingerprint density at radius 2 is 1.81 bits per heavy atom. The highest BCUT2D eigenvalue weighted by Gasteiger charge is 2.12. The van der Waals surface area contributed by atoms with Gasteiger partial charge >= 0.3 is 0 Å². The van der Waals surface area contributed by atoms with E-state index in [0.29, 0.717) is 11.3 Å². The highest BCUT2D eigenvalue weighted by molar-refractivity contribution is 6.07. The molecule has 1 heterocycles. The summed E-state index contributed by atoms with van der Waals surface area (Å²) in [7, 11) is 0. The van der Waals surface area contributed by atoms with Crippen LogP contribution in [-0.4, -0.2) is 5.78 Å². The first kappa shape index (κ1) is 10.7. The van der Waals surface area contributed by atoms with Gasteiger partial charge in [0, 0.05) is 5.56 Å². The lowest BCUT2D eigenvalue weighted by Crippen LogP contribution is -1.99. The van der Waals surface area contributed by atoms with E-state index in [1.165, 1.54) is 5.56 Å². The highest BCUT2D eigenvalue weighted by atomic mass is 16.3. The number of benzene rings is 1. The van der Waals surface area contributed by atoms with Crippen LogP contribution >= 0.6 is 0 Å². The maximum atomic E-state index is 12.0. The maximum Gasteiger partial charge on any atom is 0.228 e. The Morgan fingerprint density at radius 1 is 1.12 bits per heavy atom. The van der Waals surface area contributed by atoms with Gasteiger partial charge in [-0.05, 0) is 31.0 Å². The van der Waals surface area contributed by atoms with E-state index < -0.39 is 0 Å². The van der Waals surface area contributed by atoms with Gasteiger partial charge < -0.3 is 4.42 Å². The quantitative estimate of drug-likeness (QED) is 0.733. The van der Waals surface area contributed by atoms with Crippen LogP contribution in [-0.2, 0) is 6.42 Å². The summed E-state index contributed by atoms with van der Waals surface area (Å²) in [5.41, 5.74) is 1.90. The Bertz CT molecular complexity index is 492. The molecule has 1 aromatic heterocycles. The molecule has 16 heavy (non-hydrogen) atoms. The molecule has 0 fully saturated rings. The summed E-state index contributed by atoms with van der Waals surface area (Å²) in [6.07, 6.45) is 0.980. The number of hydrogen-bond acceptors (Lipinski definition) is 2. The van der Waals surface area contributed by atoms with E-state index in [0.717, 1.165) is 12.2 Å². The number of ketones is 1. The monoisotopic (exact) mass is 214 g/mol. The molecule has 0 saturated carbocycles. The van der Waals surface area contributed by atoms with Crippen molar-refractivity contribution in [2.75, 3.05) is 0 Å². The summed E-state index contributed by atoms with van der Waals surface area (Å²) in [5.74, 6) is 1.10. The van der Waals surface area contributed by atoms with Crippen molar-refractivity contribution in [2.24, 2.45) is 0 Å². The molecule has 0 atom stereocenters. The number of aryl methyl sites for hydroxylation is 2. The van der Waals surface area contributed by atoms with Crippen molar-refractivity contribution in [2.45, 2.75) is 20.3 Å². The first-order chi connectivity index (χ1) is 7.70. The van der Waals surface area contributed by atoms with Crippen molar-refractivity contribution in [1.29, 1.82) is 0 Å². The molecular weight excluding hydrogens is 200 g/mol. The van der Waals surface area contributed by atoms with Crippen LogP contribution in [0.2, 0.25) is 0 Å². The van der Waals surface area contributed by atoms with Gasteiger partial charge in [-0.25, -0.2) is 0 Å². The van der Waals surface area contributed by atoms with E-state index >= 15 is 0 Å². The van der Waals surface area contributed by atoms with Gasteiger partial charge in [0.05, 0.1) is 0 Å². The van der Waals surface area contributed by atoms with Crippen molar-refractivity contribution in [1.82, 2.24) is 0 Å². The molecule has 1 aromatic carbocycles. The molecule has 0 unspecified atom stereocenters. The predicted octanol–water partition coefficient (Wildman–Crippen LogP) is 3.38. The van der Waals surface area contributed by atoms with Crippen LogP contribution in [0, 0.1) is 6.92 Å². The molecule has 2 nitrogen and oxygen atoms in total. The fourth-order valence-electron chi connectivity index (χ4n) is 1.59. The van der Waals surface area contributed by atoms with Crippen LogP contribution in [0.1, 0.15) is 34.4 Å². The van der Waals surface area contributed by atoms with Crippen LogP contribution in [0.25, 0.3) is 0 Å². The van der Waals surface area contributed by atoms with Crippen molar-refractivity contribution in [3.8, 4) is 0 Å². The number of carbonyl (C=O) groups excluding carboxylic acids is 1. The van der Waals surface area contributed by atoms with Crippen molar-refractivity contribution < 1.29 is 9.21 Å². The third-order valence-electron chi connectivity index (χ3n) is 2.59. The lowest BCUT2D eigenvalue weighted by molar-refractivity contribution is 0.101. The molecule has 0 aliphatic rings. The number of furan rings is 1. The van der Waals surface area contributed by atoms with Gasteiger partial charge in [0.1, 0.15) is 5.76 Å². The Hall–Kier alpha value is -1.83. The molecule has 0 saturated heterocycles.